The number of aliphatic hydroxyl groups excluding tert-OH is 1. The zero-order valence-electron chi connectivity index (χ0n) is 11.1. The lowest BCUT2D eigenvalue weighted by atomic mass is 10.00. The van der Waals surface area contributed by atoms with E-state index in [1.165, 1.54) is 18.2 Å². The fourth-order valence-corrected chi connectivity index (χ4v) is 2.04. The Morgan fingerprint density at radius 2 is 1.75 bits per heavy atom. The first-order valence-electron chi connectivity index (χ1n) is 6.29. The molecule has 2 nitrogen and oxygen atoms in total. The molecule has 1 atom stereocenters. The second kappa shape index (κ2) is 6.48. The molecule has 2 aromatic carbocycles. The van der Waals surface area contributed by atoms with Crippen LogP contribution in [0.25, 0.3) is 0 Å². The van der Waals surface area contributed by atoms with Crippen molar-refractivity contribution in [2.75, 3.05) is 7.11 Å². The molecule has 0 saturated carbocycles. The first-order valence-corrected chi connectivity index (χ1v) is 6.29. The number of alkyl halides is 2. The van der Waals surface area contributed by atoms with Gasteiger partial charge in [-0.2, -0.15) is 0 Å². The minimum atomic E-state index is -2.53. The lowest BCUT2D eigenvalue weighted by Crippen LogP contribution is -2.03. The molecule has 0 bridgehead atoms. The van der Waals surface area contributed by atoms with Gasteiger partial charge in [-0.05, 0) is 29.3 Å². The molecule has 0 fully saturated rings. The summed E-state index contributed by atoms with van der Waals surface area (Å²) in [5.41, 5.74) is 1.30. The Hall–Kier alpha value is -1.94. The molecule has 0 heterocycles. The maximum Gasteiger partial charge on any atom is 0.263 e. The maximum atomic E-state index is 12.6. The molecule has 2 rings (SSSR count). The van der Waals surface area contributed by atoms with E-state index in [0.29, 0.717) is 17.7 Å². The van der Waals surface area contributed by atoms with Gasteiger partial charge in [0.2, 0.25) is 0 Å². The highest BCUT2D eigenvalue weighted by atomic mass is 19.3. The molecule has 2 aromatic rings. The van der Waals surface area contributed by atoms with Gasteiger partial charge in [-0.15, -0.1) is 0 Å². The highest BCUT2D eigenvalue weighted by Crippen LogP contribution is 2.25. The quantitative estimate of drug-likeness (QED) is 0.898. The van der Waals surface area contributed by atoms with Crippen molar-refractivity contribution >= 4 is 0 Å². The Morgan fingerprint density at radius 3 is 2.45 bits per heavy atom. The van der Waals surface area contributed by atoms with Crippen LogP contribution in [-0.2, 0) is 6.42 Å². The Bertz CT molecular complexity index is 570. The molecule has 0 aliphatic heterocycles. The first-order chi connectivity index (χ1) is 9.60. The molecule has 0 aliphatic rings. The summed E-state index contributed by atoms with van der Waals surface area (Å²) in [6, 6.07) is 13.2. The molecule has 0 amide bonds. The summed E-state index contributed by atoms with van der Waals surface area (Å²) in [4.78, 5) is 0. The van der Waals surface area contributed by atoms with Gasteiger partial charge in [-0.1, -0.05) is 30.3 Å². The Morgan fingerprint density at radius 1 is 1.05 bits per heavy atom. The molecule has 106 valence electrons. The van der Waals surface area contributed by atoms with Crippen LogP contribution >= 0.6 is 0 Å². The smallest absolute Gasteiger partial charge is 0.263 e. The summed E-state index contributed by atoms with van der Waals surface area (Å²) in [5.74, 6) is 0.705. The van der Waals surface area contributed by atoms with Crippen LogP contribution in [-0.4, -0.2) is 12.2 Å². The van der Waals surface area contributed by atoms with Crippen LogP contribution in [0.5, 0.6) is 5.75 Å². The molecule has 4 heteroatoms. The van der Waals surface area contributed by atoms with Gasteiger partial charge in [0.1, 0.15) is 5.75 Å². The van der Waals surface area contributed by atoms with E-state index < -0.39 is 12.5 Å². The van der Waals surface area contributed by atoms with E-state index in [0.717, 1.165) is 5.56 Å². The van der Waals surface area contributed by atoms with Crippen LogP contribution in [0, 0.1) is 0 Å². The zero-order valence-corrected chi connectivity index (χ0v) is 11.1. The maximum absolute atomic E-state index is 12.6. The average molecular weight is 278 g/mol. The van der Waals surface area contributed by atoms with E-state index in [9.17, 15) is 13.9 Å². The third-order valence-electron chi connectivity index (χ3n) is 3.11. The lowest BCUT2D eigenvalue weighted by molar-refractivity contribution is 0.149. The van der Waals surface area contributed by atoms with E-state index in [1.807, 2.05) is 24.3 Å². The highest BCUT2D eigenvalue weighted by Gasteiger charge is 2.13. The van der Waals surface area contributed by atoms with Crippen molar-refractivity contribution in [3.8, 4) is 5.75 Å². The Balaban J connectivity index is 2.14. The number of aliphatic hydroxyl groups is 1. The number of methoxy groups -OCH3 is 1. The topological polar surface area (TPSA) is 29.5 Å². The van der Waals surface area contributed by atoms with Crippen LogP contribution in [0.3, 0.4) is 0 Å². The molecule has 20 heavy (non-hydrogen) atoms. The van der Waals surface area contributed by atoms with E-state index in [4.69, 9.17) is 4.74 Å². The normalized spacial score (nSPS) is 12.4. The van der Waals surface area contributed by atoms with Gasteiger partial charge in [0.05, 0.1) is 13.2 Å². The molecule has 0 spiro atoms. The molecular weight excluding hydrogens is 262 g/mol. The van der Waals surface area contributed by atoms with Crippen molar-refractivity contribution in [2.45, 2.75) is 19.0 Å². The predicted molar refractivity (Wildman–Crippen MR) is 73.1 cm³/mol. The van der Waals surface area contributed by atoms with Gasteiger partial charge in [0.15, 0.2) is 0 Å². The molecular formula is C16H16F2O2. The van der Waals surface area contributed by atoms with Crippen molar-refractivity contribution in [3.63, 3.8) is 0 Å². The fraction of sp³-hybridized carbons (Fsp3) is 0.250. The highest BCUT2D eigenvalue weighted by molar-refractivity contribution is 5.31. The number of halogens is 2. The van der Waals surface area contributed by atoms with Crippen molar-refractivity contribution < 1.29 is 18.6 Å². The van der Waals surface area contributed by atoms with E-state index in [1.54, 1.807) is 13.2 Å². The fourth-order valence-electron chi connectivity index (χ4n) is 2.04. The number of rotatable bonds is 5. The molecule has 0 radical (unpaired) electrons. The van der Waals surface area contributed by atoms with Gasteiger partial charge >= 0.3 is 0 Å². The van der Waals surface area contributed by atoms with Crippen molar-refractivity contribution in [2.24, 2.45) is 0 Å². The van der Waals surface area contributed by atoms with Gasteiger partial charge in [-0.3, -0.25) is 0 Å². The minimum absolute atomic E-state index is 0.0767. The second-order valence-corrected chi connectivity index (χ2v) is 4.54. The van der Waals surface area contributed by atoms with Crippen LogP contribution < -0.4 is 4.74 Å². The Kier molecular flexibility index (Phi) is 4.69. The summed E-state index contributed by atoms with van der Waals surface area (Å²) in [6.07, 6.45) is -3.00. The third kappa shape index (κ3) is 3.54. The lowest BCUT2D eigenvalue weighted by Gasteiger charge is -2.13. The van der Waals surface area contributed by atoms with Gasteiger partial charge in [0, 0.05) is 12.0 Å². The Labute approximate surface area is 116 Å². The molecule has 0 aromatic heterocycles. The van der Waals surface area contributed by atoms with Crippen molar-refractivity contribution in [1.82, 2.24) is 0 Å². The summed E-state index contributed by atoms with van der Waals surface area (Å²) >= 11 is 0. The van der Waals surface area contributed by atoms with Crippen LogP contribution in [0.2, 0.25) is 0 Å². The van der Waals surface area contributed by atoms with Crippen molar-refractivity contribution in [1.29, 1.82) is 0 Å². The first kappa shape index (κ1) is 14.5. The van der Waals surface area contributed by atoms with E-state index in [2.05, 4.69) is 0 Å². The SMILES string of the molecule is COc1cccc(CC(O)c2cccc(C(F)F)c2)c1. The average Bonchev–Trinajstić information content (AvgIpc) is 2.47. The predicted octanol–water partition coefficient (Wildman–Crippen LogP) is 3.91. The number of ether oxygens (including phenoxy) is 1. The number of hydrogen-bond acceptors (Lipinski definition) is 2. The summed E-state index contributed by atoms with van der Waals surface area (Å²) in [5, 5.41) is 10.2. The molecule has 1 N–H and O–H groups in total. The standard InChI is InChI=1S/C16H16F2O2/c1-20-14-7-2-4-11(8-14)9-15(19)12-5-3-6-13(10-12)16(17)18/h2-8,10,15-16,19H,9H2,1H3. The summed E-state index contributed by atoms with van der Waals surface area (Å²) in [7, 11) is 1.57. The molecule has 1 unspecified atom stereocenters. The van der Waals surface area contributed by atoms with Crippen molar-refractivity contribution in [3.05, 3.63) is 65.2 Å². The number of benzene rings is 2. The van der Waals surface area contributed by atoms with Gasteiger partial charge in [-0.25, -0.2) is 8.78 Å². The molecule has 0 saturated heterocycles. The van der Waals surface area contributed by atoms with Crippen LogP contribution in [0.15, 0.2) is 48.5 Å². The van der Waals surface area contributed by atoms with E-state index in [-0.39, 0.29) is 5.56 Å². The third-order valence-corrected chi connectivity index (χ3v) is 3.11. The zero-order chi connectivity index (χ0) is 14.5. The largest absolute Gasteiger partial charge is 0.497 e. The minimum Gasteiger partial charge on any atom is -0.497 e. The van der Waals surface area contributed by atoms with Crippen LogP contribution in [0.1, 0.15) is 29.2 Å². The van der Waals surface area contributed by atoms with Crippen LogP contribution in [0.4, 0.5) is 8.78 Å². The molecule has 0 aliphatic carbocycles. The monoisotopic (exact) mass is 278 g/mol. The summed E-state index contributed by atoms with van der Waals surface area (Å²) < 4.78 is 30.4. The second-order valence-electron chi connectivity index (χ2n) is 4.54. The van der Waals surface area contributed by atoms with E-state index >= 15 is 0 Å². The van der Waals surface area contributed by atoms with Gasteiger partial charge < -0.3 is 9.84 Å². The van der Waals surface area contributed by atoms with Gasteiger partial charge in [0.25, 0.3) is 6.43 Å². The number of hydrogen-bond donors (Lipinski definition) is 1. The summed E-state index contributed by atoms with van der Waals surface area (Å²) in [6.45, 7) is 0.